The van der Waals surface area contributed by atoms with Gasteiger partial charge in [-0.1, -0.05) is 17.7 Å². The van der Waals surface area contributed by atoms with E-state index in [1.54, 1.807) is 14.2 Å². The molecule has 1 aromatic carbocycles. The maximum atomic E-state index is 11.4. The van der Waals surface area contributed by atoms with E-state index in [4.69, 9.17) is 4.74 Å². The van der Waals surface area contributed by atoms with Gasteiger partial charge >= 0.3 is 5.97 Å². The summed E-state index contributed by atoms with van der Waals surface area (Å²) >= 11 is 0. The van der Waals surface area contributed by atoms with Crippen LogP contribution in [0, 0.1) is 6.92 Å². The maximum absolute atomic E-state index is 11.4. The molecule has 0 fully saturated rings. The quantitative estimate of drug-likeness (QED) is 0.812. The minimum Gasteiger partial charge on any atom is -0.496 e. The van der Waals surface area contributed by atoms with Gasteiger partial charge in [0, 0.05) is 5.56 Å². The number of nitrogens with zero attached hydrogens (tertiary/aromatic N) is 1. The van der Waals surface area contributed by atoms with Gasteiger partial charge in [-0.2, -0.15) is 0 Å². The van der Waals surface area contributed by atoms with E-state index in [1.807, 2.05) is 44.1 Å². The molecule has 0 aliphatic carbocycles. The first-order chi connectivity index (χ1) is 8.92. The maximum Gasteiger partial charge on any atom is 0.322 e. The third-order valence-electron chi connectivity index (χ3n) is 3.15. The van der Waals surface area contributed by atoms with Gasteiger partial charge in [-0.3, -0.25) is 4.79 Å². The van der Waals surface area contributed by atoms with Crippen molar-refractivity contribution in [2.24, 2.45) is 0 Å². The van der Waals surface area contributed by atoms with E-state index in [2.05, 4.69) is 5.32 Å². The Balaban J connectivity index is 3.33. The topological polar surface area (TPSA) is 61.8 Å². The van der Waals surface area contributed by atoms with Crippen LogP contribution >= 0.6 is 0 Å². The highest BCUT2D eigenvalue weighted by atomic mass is 16.5. The summed E-state index contributed by atoms with van der Waals surface area (Å²) in [7, 11) is 6.97. The molecule has 106 valence electrons. The molecule has 0 radical (unpaired) electrons. The number of nitrogens with one attached hydrogen (secondary N) is 1. The number of carboxylic acids is 1. The summed E-state index contributed by atoms with van der Waals surface area (Å²) in [6, 6.07) is 4.78. The molecule has 0 aliphatic heterocycles. The van der Waals surface area contributed by atoms with E-state index in [1.165, 1.54) is 0 Å². The van der Waals surface area contributed by atoms with Crippen molar-refractivity contribution >= 4 is 5.97 Å². The molecule has 2 unspecified atom stereocenters. The number of hydrogen-bond acceptors (Lipinski definition) is 4. The second-order valence-corrected chi connectivity index (χ2v) is 4.76. The Morgan fingerprint density at radius 3 is 2.47 bits per heavy atom. The molecule has 0 amide bonds. The minimum absolute atomic E-state index is 0.308. The first-order valence-electron chi connectivity index (χ1n) is 6.13. The molecule has 1 rings (SSSR count). The number of aryl methyl sites for hydroxylation is 1. The highest BCUT2D eigenvalue weighted by Gasteiger charge is 2.31. The Bertz CT molecular complexity index is 446. The minimum atomic E-state index is -0.884. The average Bonchev–Trinajstić information content (AvgIpc) is 2.34. The van der Waals surface area contributed by atoms with Crippen LogP contribution in [0.2, 0.25) is 0 Å². The number of carbonyl (C=O) groups is 1. The normalized spacial score (nSPS) is 14.2. The molecule has 2 N–H and O–H groups in total. The third-order valence-corrected chi connectivity index (χ3v) is 3.15. The smallest absolute Gasteiger partial charge is 0.322 e. The van der Waals surface area contributed by atoms with Gasteiger partial charge in [0.2, 0.25) is 0 Å². The molecular formula is C14H22N2O3. The monoisotopic (exact) mass is 266 g/mol. The second-order valence-electron chi connectivity index (χ2n) is 4.76. The average molecular weight is 266 g/mol. The van der Waals surface area contributed by atoms with Crippen molar-refractivity contribution in [3.8, 4) is 5.75 Å². The lowest BCUT2D eigenvalue weighted by atomic mass is 9.95. The number of likely N-dealkylation sites (N-methyl/N-ethyl adjacent to an activating group) is 2. The van der Waals surface area contributed by atoms with Gasteiger partial charge in [0.25, 0.3) is 0 Å². The number of benzene rings is 1. The van der Waals surface area contributed by atoms with Crippen molar-refractivity contribution in [2.45, 2.75) is 19.0 Å². The van der Waals surface area contributed by atoms with Gasteiger partial charge in [0.1, 0.15) is 11.8 Å². The summed E-state index contributed by atoms with van der Waals surface area (Å²) < 4.78 is 5.36. The molecule has 0 heterocycles. The van der Waals surface area contributed by atoms with Crippen molar-refractivity contribution < 1.29 is 14.6 Å². The van der Waals surface area contributed by atoms with Crippen LogP contribution in [-0.2, 0) is 4.79 Å². The summed E-state index contributed by atoms with van der Waals surface area (Å²) in [5, 5.41) is 12.2. The van der Waals surface area contributed by atoms with E-state index >= 15 is 0 Å². The molecule has 2 atom stereocenters. The third kappa shape index (κ3) is 3.45. The Labute approximate surface area is 114 Å². The summed E-state index contributed by atoms with van der Waals surface area (Å²) in [5.41, 5.74) is 1.94. The Morgan fingerprint density at radius 2 is 2.05 bits per heavy atom. The van der Waals surface area contributed by atoms with E-state index in [0.717, 1.165) is 11.1 Å². The highest BCUT2D eigenvalue weighted by Crippen LogP contribution is 2.31. The number of hydrogen-bond donors (Lipinski definition) is 2. The Morgan fingerprint density at radius 1 is 1.42 bits per heavy atom. The largest absolute Gasteiger partial charge is 0.496 e. The van der Waals surface area contributed by atoms with Gasteiger partial charge in [0.15, 0.2) is 0 Å². The standard InChI is InChI=1S/C14H22N2O3/c1-9-6-7-11(19-5)10(8-9)13(16(3)4)12(15-2)14(17)18/h6-8,12-13,15H,1-5H3,(H,17,18). The molecule has 0 aromatic heterocycles. The van der Waals surface area contributed by atoms with Crippen molar-refractivity contribution in [2.75, 3.05) is 28.3 Å². The van der Waals surface area contributed by atoms with Crippen LogP contribution in [0.3, 0.4) is 0 Å². The van der Waals surface area contributed by atoms with E-state index in [-0.39, 0.29) is 6.04 Å². The molecule has 0 bridgehead atoms. The second kappa shape index (κ2) is 6.54. The van der Waals surface area contributed by atoms with Crippen LogP contribution in [0.5, 0.6) is 5.75 Å². The zero-order chi connectivity index (χ0) is 14.6. The van der Waals surface area contributed by atoms with Crippen LogP contribution in [0.1, 0.15) is 17.2 Å². The van der Waals surface area contributed by atoms with Crippen LogP contribution < -0.4 is 10.1 Å². The number of methoxy groups -OCH3 is 1. The summed E-state index contributed by atoms with van der Waals surface area (Å²) in [5.74, 6) is -0.185. The molecule has 5 heteroatoms. The van der Waals surface area contributed by atoms with E-state index < -0.39 is 12.0 Å². The fraction of sp³-hybridized carbons (Fsp3) is 0.500. The van der Waals surface area contributed by atoms with Crippen molar-refractivity contribution in [3.05, 3.63) is 29.3 Å². The first-order valence-corrected chi connectivity index (χ1v) is 6.13. The van der Waals surface area contributed by atoms with Gasteiger partial charge < -0.3 is 20.1 Å². The van der Waals surface area contributed by atoms with Crippen molar-refractivity contribution in [1.29, 1.82) is 0 Å². The van der Waals surface area contributed by atoms with Crippen molar-refractivity contribution in [3.63, 3.8) is 0 Å². The Hall–Kier alpha value is -1.59. The number of carboxylic acid groups (broad SMARTS) is 1. The number of aliphatic carboxylic acids is 1. The first kappa shape index (κ1) is 15.5. The Kier molecular flexibility index (Phi) is 5.32. The summed E-state index contributed by atoms with van der Waals surface area (Å²) in [6.45, 7) is 1.98. The number of ether oxygens (including phenoxy) is 1. The van der Waals surface area contributed by atoms with Crippen LogP contribution in [-0.4, -0.2) is 50.3 Å². The highest BCUT2D eigenvalue weighted by molar-refractivity contribution is 5.75. The molecule has 1 aromatic rings. The SMILES string of the molecule is CNC(C(=O)O)C(c1cc(C)ccc1OC)N(C)C. The summed E-state index contributed by atoms with van der Waals surface area (Å²) in [6.07, 6.45) is 0. The van der Waals surface area contributed by atoms with Gasteiger partial charge in [-0.15, -0.1) is 0 Å². The van der Waals surface area contributed by atoms with Gasteiger partial charge in [0.05, 0.1) is 13.2 Å². The lowest BCUT2D eigenvalue weighted by Crippen LogP contribution is -2.45. The van der Waals surface area contributed by atoms with Crippen LogP contribution in [0.25, 0.3) is 0 Å². The summed E-state index contributed by atoms with van der Waals surface area (Å²) in [4.78, 5) is 13.3. The lowest BCUT2D eigenvalue weighted by Gasteiger charge is -2.31. The lowest BCUT2D eigenvalue weighted by molar-refractivity contribution is -0.141. The van der Waals surface area contributed by atoms with E-state index in [9.17, 15) is 9.90 Å². The fourth-order valence-corrected chi connectivity index (χ4v) is 2.26. The number of rotatable bonds is 6. The molecule has 0 saturated carbocycles. The van der Waals surface area contributed by atoms with Crippen LogP contribution in [0.4, 0.5) is 0 Å². The molecule has 0 spiro atoms. The van der Waals surface area contributed by atoms with Crippen LogP contribution in [0.15, 0.2) is 18.2 Å². The molecule has 19 heavy (non-hydrogen) atoms. The fourth-order valence-electron chi connectivity index (χ4n) is 2.26. The predicted octanol–water partition coefficient (Wildman–Crippen LogP) is 1.28. The zero-order valence-corrected chi connectivity index (χ0v) is 12.1. The molecule has 5 nitrogen and oxygen atoms in total. The molecular weight excluding hydrogens is 244 g/mol. The van der Waals surface area contributed by atoms with E-state index in [0.29, 0.717) is 5.75 Å². The van der Waals surface area contributed by atoms with Gasteiger partial charge in [-0.25, -0.2) is 0 Å². The zero-order valence-electron chi connectivity index (χ0n) is 12.1. The van der Waals surface area contributed by atoms with Gasteiger partial charge in [-0.05, 0) is 34.1 Å². The molecule has 0 saturated heterocycles. The van der Waals surface area contributed by atoms with Crippen molar-refractivity contribution in [1.82, 2.24) is 10.2 Å². The molecule has 0 aliphatic rings. The predicted molar refractivity (Wildman–Crippen MR) is 74.6 cm³/mol.